The van der Waals surface area contributed by atoms with Gasteiger partial charge in [0.05, 0.1) is 19.3 Å². The van der Waals surface area contributed by atoms with E-state index in [4.69, 9.17) is 14.2 Å². The van der Waals surface area contributed by atoms with E-state index in [1.807, 2.05) is 67.6 Å². The molecule has 4 nitrogen and oxygen atoms in total. The highest BCUT2D eigenvalue weighted by molar-refractivity contribution is 7.99. The fourth-order valence-electron chi connectivity index (χ4n) is 3.24. The molecule has 27 heavy (non-hydrogen) atoms. The molecule has 1 N–H and O–H groups in total. The van der Waals surface area contributed by atoms with Crippen molar-refractivity contribution in [2.24, 2.45) is 0 Å². The minimum absolute atomic E-state index is 0.204. The lowest BCUT2D eigenvalue weighted by Gasteiger charge is -2.43. The van der Waals surface area contributed by atoms with Crippen LogP contribution < -0.4 is 0 Å². The minimum Gasteiger partial charge on any atom is -0.387 e. The Bertz CT molecular complexity index is 667. The van der Waals surface area contributed by atoms with E-state index < -0.39 is 18.3 Å². The predicted octanol–water partition coefficient (Wildman–Crippen LogP) is 4.02. The van der Waals surface area contributed by atoms with Gasteiger partial charge in [0, 0.05) is 0 Å². The van der Waals surface area contributed by atoms with Gasteiger partial charge in [-0.05, 0) is 23.8 Å². The van der Waals surface area contributed by atoms with E-state index in [-0.39, 0.29) is 11.5 Å². The molecule has 1 aliphatic rings. The summed E-state index contributed by atoms with van der Waals surface area (Å²) < 4.78 is 18.3. The molecule has 1 heterocycles. The van der Waals surface area contributed by atoms with Crippen LogP contribution in [-0.2, 0) is 27.4 Å². The summed E-state index contributed by atoms with van der Waals surface area (Å²) in [6.07, 6.45) is -1.82. The first-order chi connectivity index (χ1) is 13.2. The van der Waals surface area contributed by atoms with Gasteiger partial charge in [0.15, 0.2) is 0 Å². The van der Waals surface area contributed by atoms with Crippen molar-refractivity contribution in [1.29, 1.82) is 0 Å². The molecule has 146 valence electrons. The maximum Gasteiger partial charge on any atom is 0.132 e. The number of aliphatic hydroxyl groups excluding tert-OH is 1. The molecule has 0 radical (unpaired) electrons. The van der Waals surface area contributed by atoms with Gasteiger partial charge in [-0.2, -0.15) is 0 Å². The van der Waals surface area contributed by atoms with Gasteiger partial charge in [-0.1, -0.05) is 67.6 Å². The highest BCUT2D eigenvalue weighted by Gasteiger charge is 2.45. The Kier molecular flexibility index (Phi) is 7.73. The van der Waals surface area contributed by atoms with Crippen LogP contribution in [0.4, 0.5) is 0 Å². The monoisotopic (exact) mass is 388 g/mol. The van der Waals surface area contributed by atoms with E-state index in [1.54, 1.807) is 11.8 Å². The molecule has 2 aromatic carbocycles. The van der Waals surface area contributed by atoms with Crippen molar-refractivity contribution in [3.63, 3.8) is 0 Å². The van der Waals surface area contributed by atoms with E-state index in [0.29, 0.717) is 13.2 Å². The molecular weight excluding hydrogens is 360 g/mol. The van der Waals surface area contributed by atoms with Crippen molar-refractivity contribution < 1.29 is 19.3 Å². The second kappa shape index (κ2) is 10.2. The number of benzene rings is 2. The average Bonchev–Trinajstić information content (AvgIpc) is 2.69. The van der Waals surface area contributed by atoms with Gasteiger partial charge >= 0.3 is 0 Å². The lowest BCUT2D eigenvalue weighted by molar-refractivity contribution is -0.226. The Labute approximate surface area is 165 Å². The van der Waals surface area contributed by atoms with Crippen LogP contribution in [0.25, 0.3) is 0 Å². The zero-order chi connectivity index (χ0) is 19.1. The molecule has 1 fully saturated rings. The van der Waals surface area contributed by atoms with E-state index >= 15 is 0 Å². The number of hydrogen-bond acceptors (Lipinski definition) is 5. The SMILES string of the molecule is CCS[C@@H]1O[C@@H](C)[C@H](OCc2ccccc2)[C@@H](O)[C@H]1OCc1ccccc1. The molecule has 0 unspecified atom stereocenters. The first-order valence-electron chi connectivity index (χ1n) is 9.45. The standard InChI is InChI=1S/C22H28O4S/c1-3-27-22-21(25-15-18-12-8-5-9-13-18)19(23)20(16(2)26-22)24-14-17-10-6-4-7-11-17/h4-13,16,19-23H,3,14-15H2,1-2H3/t16-,19+,20-,21+,22-/m0/s1. The molecule has 0 saturated carbocycles. The molecule has 1 aliphatic heterocycles. The van der Waals surface area contributed by atoms with Crippen molar-refractivity contribution in [3.8, 4) is 0 Å². The fraction of sp³-hybridized carbons (Fsp3) is 0.455. The summed E-state index contributed by atoms with van der Waals surface area (Å²) in [7, 11) is 0. The van der Waals surface area contributed by atoms with Crippen LogP contribution in [-0.4, -0.2) is 40.7 Å². The topological polar surface area (TPSA) is 47.9 Å². The summed E-state index contributed by atoms with van der Waals surface area (Å²) in [5.41, 5.74) is 1.94. The molecule has 2 aromatic rings. The van der Waals surface area contributed by atoms with Crippen molar-refractivity contribution >= 4 is 11.8 Å². The molecule has 0 spiro atoms. The molecule has 5 atom stereocenters. The number of ether oxygens (including phenoxy) is 3. The quantitative estimate of drug-likeness (QED) is 0.740. The first kappa shape index (κ1) is 20.4. The molecular formula is C22H28O4S. The van der Waals surface area contributed by atoms with Gasteiger partial charge in [0.25, 0.3) is 0 Å². The van der Waals surface area contributed by atoms with Gasteiger partial charge < -0.3 is 19.3 Å². The van der Waals surface area contributed by atoms with E-state index in [9.17, 15) is 5.11 Å². The third-order valence-electron chi connectivity index (χ3n) is 4.65. The maximum atomic E-state index is 11.0. The predicted molar refractivity (Wildman–Crippen MR) is 109 cm³/mol. The second-order valence-corrected chi connectivity index (χ2v) is 8.05. The van der Waals surface area contributed by atoms with Crippen molar-refractivity contribution in [2.45, 2.75) is 56.9 Å². The van der Waals surface area contributed by atoms with Crippen LogP contribution >= 0.6 is 11.8 Å². The summed E-state index contributed by atoms with van der Waals surface area (Å²) in [6.45, 7) is 4.91. The van der Waals surface area contributed by atoms with Gasteiger partial charge in [0.1, 0.15) is 23.7 Å². The smallest absolute Gasteiger partial charge is 0.132 e. The minimum atomic E-state index is -0.745. The normalized spacial score (nSPS) is 28.2. The molecule has 5 heteroatoms. The average molecular weight is 389 g/mol. The molecule has 0 aliphatic carbocycles. The highest BCUT2D eigenvalue weighted by atomic mass is 32.2. The van der Waals surface area contributed by atoms with Crippen LogP contribution in [0.2, 0.25) is 0 Å². The van der Waals surface area contributed by atoms with Crippen LogP contribution in [0.5, 0.6) is 0 Å². The Morgan fingerprint density at radius 2 is 1.41 bits per heavy atom. The zero-order valence-corrected chi connectivity index (χ0v) is 16.7. The molecule has 0 bridgehead atoms. The number of aliphatic hydroxyl groups is 1. The maximum absolute atomic E-state index is 11.0. The van der Waals surface area contributed by atoms with Gasteiger partial charge in [-0.3, -0.25) is 0 Å². The Balaban J connectivity index is 1.66. The molecule has 3 rings (SSSR count). The third kappa shape index (κ3) is 5.56. The van der Waals surface area contributed by atoms with E-state index in [1.165, 1.54) is 0 Å². The van der Waals surface area contributed by atoms with Crippen molar-refractivity contribution in [3.05, 3.63) is 71.8 Å². The number of thioether (sulfide) groups is 1. The summed E-state index contributed by atoms with van der Waals surface area (Å²) in [5.74, 6) is 0.894. The fourth-order valence-corrected chi connectivity index (χ4v) is 4.25. The number of rotatable bonds is 8. The highest BCUT2D eigenvalue weighted by Crippen LogP contribution is 2.32. The number of hydrogen-bond donors (Lipinski definition) is 1. The molecule has 1 saturated heterocycles. The zero-order valence-electron chi connectivity index (χ0n) is 15.9. The van der Waals surface area contributed by atoms with E-state index in [2.05, 4.69) is 6.92 Å². The summed E-state index contributed by atoms with van der Waals surface area (Å²) >= 11 is 1.66. The van der Waals surface area contributed by atoms with Crippen molar-refractivity contribution in [2.75, 3.05) is 5.75 Å². The lowest BCUT2D eigenvalue weighted by atomic mass is 10.0. The van der Waals surface area contributed by atoms with Crippen molar-refractivity contribution in [1.82, 2.24) is 0 Å². The van der Waals surface area contributed by atoms with Gasteiger partial charge in [-0.15, -0.1) is 11.8 Å². The van der Waals surface area contributed by atoms with Gasteiger partial charge in [-0.25, -0.2) is 0 Å². The Morgan fingerprint density at radius 1 is 0.889 bits per heavy atom. The van der Waals surface area contributed by atoms with Gasteiger partial charge in [0.2, 0.25) is 0 Å². The molecule has 0 aromatic heterocycles. The Hall–Kier alpha value is -1.37. The summed E-state index contributed by atoms with van der Waals surface area (Å²) in [5, 5.41) is 11.0. The summed E-state index contributed by atoms with van der Waals surface area (Å²) in [4.78, 5) is 0. The summed E-state index contributed by atoms with van der Waals surface area (Å²) in [6, 6.07) is 20.0. The third-order valence-corrected chi connectivity index (χ3v) is 5.70. The van der Waals surface area contributed by atoms with Crippen LogP contribution in [0.15, 0.2) is 60.7 Å². The Morgan fingerprint density at radius 3 is 1.93 bits per heavy atom. The van der Waals surface area contributed by atoms with Crippen LogP contribution in [0.3, 0.4) is 0 Å². The first-order valence-corrected chi connectivity index (χ1v) is 10.5. The second-order valence-electron chi connectivity index (χ2n) is 6.68. The molecule has 0 amide bonds. The van der Waals surface area contributed by atoms with Crippen LogP contribution in [0, 0.1) is 0 Å². The largest absolute Gasteiger partial charge is 0.387 e. The lowest BCUT2D eigenvalue weighted by Crippen LogP contribution is -2.57. The van der Waals surface area contributed by atoms with E-state index in [0.717, 1.165) is 16.9 Å². The van der Waals surface area contributed by atoms with Crippen LogP contribution in [0.1, 0.15) is 25.0 Å².